The number of nitrogens with one attached hydrogen (secondary N) is 2. The molecule has 1 aromatic heterocycles. The molecule has 5 nitrogen and oxygen atoms in total. The zero-order valence-corrected chi connectivity index (χ0v) is 16.0. The van der Waals surface area contributed by atoms with E-state index in [0.717, 1.165) is 36.2 Å². The maximum Gasteiger partial charge on any atom is 0.240 e. The second-order valence-electron chi connectivity index (χ2n) is 5.42. The van der Waals surface area contributed by atoms with Crippen LogP contribution in [0.5, 0.6) is 0 Å². The number of aromatic nitrogens is 1. The smallest absolute Gasteiger partial charge is 0.240 e. The van der Waals surface area contributed by atoms with Crippen LogP contribution in [0.4, 0.5) is 5.69 Å². The molecule has 0 atom stereocenters. The fourth-order valence-electron chi connectivity index (χ4n) is 2.15. The van der Waals surface area contributed by atoms with E-state index in [-0.39, 0.29) is 4.90 Å². The minimum Gasteiger partial charge on any atom is -0.380 e. The highest BCUT2D eigenvalue weighted by Gasteiger charge is 2.12. The number of anilines is 1. The van der Waals surface area contributed by atoms with Crippen LogP contribution in [0.3, 0.4) is 0 Å². The standard InChI is InChI=1S/C16H22ClN3O2S2/c1-2-3-4-5-10-20-24(21,22)15-8-6-13(7-9-15)18-11-14-12-19-16(17)23-14/h6-9,12,18,20H,2-5,10-11H2,1H3. The number of hydrogen-bond acceptors (Lipinski definition) is 5. The van der Waals surface area contributed by atoms with Crippen LogP contribution < -0.4 is 10.0 Å². The van der Waals surface area contributed by atoms with Crippen molar-refractivity contribution in [1.29, 1.82) is 0 Å². The van der Waals surface area contributed by atoms with Crippen LogP contribution in [0, 0.1) is 0 Å². The van der Waals surface area contributed by atoms with Crippen LogP contribution in [0.2, 0.25) is 4.47 Å². The van der Waals surface area contributed by atoms with Gasteiger partial charge in [0.15, 0.2) is 4.47 Å². The maximum atomic E-state index is 12.2. The van der Waals surface area contributed by atoms with Gasteiger partial charge in [0, 0.05) is 23.3 Å². The monoisotopic (exact) mass is 387 g/mol. The van der Waals surface area contributed by atoms with E-state index in [4.69, 9.17) is 11.6 Å². The summed E-state index contributed by atoms with van der Waals surface area (Å²) in [5.41, 5.74) is 0.849. The van der Waals surface area contributed by atoms with Gasteiger partial charge in [-0.3, -0.25) is 0 Å². The van der Waals surface area contributed by atoms with Crippen molar-refractivity contribution < 1.29 is 8.42 Å². The average Bonchev–Trinajstić information content (AvgIpc) is 2.98. The summed E-state index contributed by atoms with van der Waals surface area (Å²) in [6.07, 6.45) is 5.90. The second-order valence-corrected chi connectivity index (χ2v) is 8.88. The zero-order chi connectivity index (χ0) is 17.4. The van der Waals surface area contributed by atoms with Gasteiger partial charge in [-0.25, -0.2) is 18.1 Å². The molecule has 0 aliphatic carbocycles. The summed E-state index contributed by atoms with van der Waals surface area (Å²) >= 11 is 7.20. The van der Waals surface area contributed by atoms with Crippen molar-refractivity contribution in [3.05, 3.63) is 39.8 Å². The van der Waals surface area contributed by atoms with Crippen molar-refractivity contribution >= 4 is 38.6 Å². The molecule has 0 saturated carbocycles. The van der Waals surface area contributed by atoms with Gasteiger partial charge in [0.05, 0.1) is 11.4 Å². The summed E-state index contributed by atoms with van der Waals surface area (Å²) in [6.45, 7) is 3.21. The number of unbranched alkanes of at least 4 members (excludes halogenated alkanes) is 3. The molecule has 0 radical (unpaired) electrons. The topological polar surface area (TPSA) is 71.1 Å². The first-order valence-electron chi connectivity index (χ1n) is 7.95. The lowest BCUT2D eigenvalue weighted by molar-refractivity contribution is 0.573. The molecule has 1 aromatic carbocycles. The summed E-state index contributed by atoms with van der Waals surface area (Å²) in [4.78, 5) is 5.28. The fraction of sp³-hybridized carbons (Fsp3) is 0.438. The Hall–Kier alpha value is -1.15. The molecular formula is C16H22ClN3O2S2. The van der Waals surface area contributed by atoms with E-state index in [1.165, 1.54) is 11.3 Å². The van der Waals surface area contributed by atoms with Crippen LogP contribution >= 0.6 is 22.9 Å². The molecule has 0 unspecified atom stereocenters. The van der Waals surface area contributed by atoms with Crippen molar-refractivity contribution in [2.24, 2.45) is 0 Å². The molecule has 132 valence electrons. The average molecular weight is 388 g/mol. The molecule has 0 bridgehead atoms. The highest BCUT2D eigenvalue weighted by Crippen LogP contribution is 2.20. The first-order valence-corrected chi connectivity index (χ1v) is 10.6. The molecule has 24 heavy (non-hydrogen) atoms. The quantitative estimate of drug-likeness (QED) is 0.597. The predicted octanol–water partition coefficient (Wildman–Crippen LogP) is 4.27. The predicted molar refractivity (Wildman–Crippen MR) is 100 cm³/mol. The van der Waals surface area contributed by atoms with Gasteiger partial charge in [0.2, 0.25) is 10.0 Å². The molecular weight excluding hydrogens is 366 g/mol. The number of halogens is 1. The van der Waals surface area contributed by atoms with Gasteiger partial charge in [-0.2, -0.15) is 0 Å². The van der Waals surface area contributed by atoms with Crippen LogP contribution in [-0.4, -0.2) is 19.9 Å². The molecule has 0 spiro atoms. The SMILES string of the molecule is CCCCCCNS(=O)(=O)c1ccc(NCc2cnc(Cl)s2)cc1. The number of rotatable bonds is 10. The number of sulfonamides is 1. The molecule has 0 aliphatic rings. The largest absolute Gasteiger partial charge is 0.380 e. The molecule has 0 amide bonds. The van der Waals surface area contributed by atoms with Crippen LogP contribution in [0.25, 0.3) is 0 Å². The van der Waals surface area contributed by atoms with Gasteiger partial charge >= 0.3 is 0 Å². The normalized spacial score (nSPS) is 11.6. The summed E-state index contributed by atoms with van der Waals surface area (Å²) < 4.78 is 27.6. The van der Waals surface area contributed by atoms with Crippen molar-refractivity contribution in [3.8, 4) is 0 Å². The number of thiazole rings is 1. The molecule has 0 saturated heterocycles. The summed E-state index contributed by atoms with van der Waals surface area (Å²) in [6, 6.07) is 6.73. The second kappa shape index (κ2) is 9.36. The third kappa shape index (κ3) is 6.05. The minimum absolute atomic E-state index is 0.282. The molecule has 0 fully saturated rings. The van der Waals surface area contributed by atoms with Gasteiger partial charge in [-0.05, 0) is 30.7 Å². The Morgan fingerprint density at radius 1 is 1.17 bits per heavy atom. The van der Waals surface area contributed by atoms with E-state index in [2.05, 4.69) is 21.9 Å². The third-order valence-corrected chi connectivity index (χ3v) is 6.07. The molecule has 8 heteroatoms. The van der Waals surface area contributed by atoms with E-state index in [1.807, 2.05) is 0 Å². The summed E-state index contributed by atoms with van der Waals surface area (Å²) in [5, 5.41) is 3.22. The van der Waals surface area contributed by atoms with Crippen LogP contribution in [0.15, 0.2) is 35.4 Å². The van der Waals surface area contributed by atoms with Gasteiger partial charge in [0.25, 0.3) is 0 Å². The highest BCUT2D eigenvalue weighted by molar-refractivity contribution is 7.89. The van der Waals surface area contributed by atoms with Gasteiger partial charge < -0.3 is 5.32 Å². The summed E-state index contributed by atoms with van der Waals surface area (Å²) in [7, 11) is -3.43. The van der Waals surface area contributed by atoms with E-state index in [9.17, 15) is 8.42 Å². The van der Waals surface area contributed by atoms with Crippen molar-refractivity contribution in [3.63, 3.8) is 0 Å². The van der Waals surface area contributed by atoms with E-state index >= 15 is 0 Å². The molecule has 2 aromatic rings. The molecule has 2 rings (SSSR count). The molecule has 1 heterocycles. The lowest BCUT2D eigenvalue weighted by Gasteiger charge is -2.08. The first kappa shape index (κ1) is 19.2. The highest BCUT2D eigenvalue weighted by atomic mass is 35.5. The Morgan fingerprint density at radius 2 is 1.92 bits per heavy atom. The molecule has 2 N–H and O–H groups in total. The van der Waals surface area contributed by atoms with Crippen molar-refractivity contribution in [2.45, 2.75) is 44.0 Å². The van der Waals surface area contributed by atoms with Crippen LogP contribution in [0.1, 0.15) is 37.5 Å². The third-order valence-electron chi connectivity index (χ3n) is 3.48. The fourth-order valence-corrected chi connectivity index (χ4v) is 4.14. The van der Waals surface area contributed by atoms with Gasteiger partial charge in [0.1, 0.15) is 0 Å². The van der Waals surface area contributed by atoms with E-state index < -0.39 is 10.0 Å². The number of nitrogens with zero attached hydrogens (tertiary/aromatic N) is 1. The number of benzene rings is 1. The Bertz CT molecular complexity index is 730. The Kier molecular flexibility index (Phi) is 7.48. The van der Waals surface area contributed by atoms with E-state index in [0.29, 0.717) is 17.6 Å². The maximum absolute atomic E-state index is 12.2. The van der Waals surface area contributed by atoms with E-state index in [1.54, 1.807) is 30.5 Å². The lowest BCUT2D eigenvalue weighted by atomic mass is 10.2. The Balaban J connectivity index is 1.85. The van der Waals surface area contributed by atoms with Crippen molar-refractivity contribution in [2.75, 3.05) is 11.9 Å². The zero-order valence-electron chi connectivity index (χ0n) is 13.6. The Morgan fingerprint density at radius 3 is 2.54 bits per heavy atom. The summed E-state index contributed by atoms with van der Waals surface area (Å²) in [5.74, 6) is 0. The van der Waals surface area contributed by atoms with Crippen LogP contribution in [-0.2, 0) is 16.6 Å². The van der Waals surface area contributed by atoms with Crippen molar-refractivity contribution in [1.82, 2.24) is 9.71 Å². The minimum atomic E-state index is -3.43. The Labute approximate surface area is 152 Å². The molecule has 0 aliphatic heterocycles. The lowest BCUT2D eigenvalue weighted by Crippen LogP contribution is -2.24. The van der Waals surface area contributed by atoms with Gasteiger partial charge in [-0.15, -0.1) is 11.3 Å². The first-order chi connectivity index (χ1) is 11.5. The number of hydrogen-bond donors (Lipinski definition) is 2. The van der Waals surface area contributed by atoms with Gasteiger partial charge in [-0.1, -0.05) is 37.8 Å².